The Morgan fingerprint density at radius 2 is 1.67 bits per heavy atom. The van der Waals surface area contributed by atoms with Crippen LogP contribution in [0.1, 0.15) is 49.7 Å². The zero-order valence-electron chi connectivity index (χ0n) is 19.0. The average molecular weight is 451 g/mol. The summed E-state index contributed by atoms with van der Waals surface area (Å²) in [6.07, 6.45) is 1.64. The molecule has 0 aliphatic heterocycles. The van der Waals surface area contributed by atoms with Crippen molar-refractivity contribution in [1.82, 2.24) is 10.2 Å². The minimum atomic E-state index is -1.00. The molecule has 7 heteroatoms. The van der Waals surface area contributed by atoms with Crippen molar-refractivity contribution in [1.29, 1.82) is 0 Å². The van der Waals surface area contributed by atoms with Crippen LogP contribution in [0.4, 0.5) is 4.79 Å². The first-order chi connectivity index (χ1) is 15.9. The van der Waals surface area contributed by atoms with Gasteiger partial charge in [-0.15, -0.1) is 0 Å². The molecular weight excluding hydrogens is 420 g/mol. The molecule has 7 nitrogen and oxygen atoms in total. The van der Waals surface area contributed by atoms with Crippen molar-refractivity contribution < 1.29 is 24.2 Å². The van der Waals surface area contributed by atoms with Gasteiger partial charge in [0, 0.05) is 24.9 Å². The largest absolute Gasteiger partial charge is 0.480 e. The fraction of sp³-hybridized carbons (Fsp3) is 0.423. The van der Waals surface area contributed by atoms with Gasteiger partial charge in [-0.2, -0.15) is 0 Å². The number of carboxylic acid groups (broad SMARTS) is 1. The molecule has 0 spiro atoms. The first-order valence-corrected chi connectivity index (χ1v) is 11.5. The van der Waals surface area contributed by atoms with E-state index < -0.39 is 18.1 Å². The van der Waals surface area contributed by atoms with Crippen molar-refractivity contribution in [2.24, 2.45) is 5.92 Å². The average Bonchev–Trinajstić information content (AvgIpc) is 3.40. The van der Waals surface area contributed by atoms with Crippen molar-refractivity contribution in [3.63, 3.8) is 0 Å². The van der Waals surface area contributed by atoms with Gasteiger partial charge in [0.1, 0.15) is 12.6 Å². The SMILES string of the molecule is CCC(C(=O)O)N(C)C(=O)C1CCC(NC(=O)OCC2c3ccccc3-c3ccccc32)C1. The number of carbonyl (C=O) groups is 3. The minimum absolute atomic E-state index is 0.00306. The van der Waals surface area contributed by atoms with Crippen LogP contribution in [0.2, 0.25) is 0 Å². The molecule has 1 saturated carbocycles. The van der Waals surface area contributed by atoms with Crippen LogP contribution in [0.15, 0.2) is 48.5 Å². The molecule has 3 atom stereocenters. The number of carboxylic acids is 1. The Bertz CT molecular complexity index is 1010. The summed E-state index contributed by atoms with van der Waals surface area (Å²) in [6.45, 7) is 1.99. The van der Waals surface area contributed by atoms with Gasteiger partial charge in [-0.3, -0.25) is 4.79 Å². The lowest BCUT2D eigenvalue weighted by molar-refractivity contribution is -0.150. The second kappa shape index (κ2) is 9.65. The summed E-state index contributed by atoms with van der Waals surface area (Å²) in [5, 5.41) is 12.2. The molecule has 4 rings (SSSR count). The number of nitrogens with zero attached hydrogens (tertiary/aromatic N) is 1. The Kier molecular flexibility index (Phi) is 6.67. The number of nitrogens with one attached hydrogen (secondary N) is 1. The Balaban J connectivity index is 1.32. The first kappa shape index (κ1) is 22.8. The van der Waals surface area contributed by atoms with Crippen LogP contribution in [0.5, 0.6) is 0 Å². The lowest BCUT2D eigenvalue weighted by Gasteiger charge is -2.26. The highest BCUT2D eigenvalue weighted by atomic mass is 16.5. The fourth-order valence-corrected chi connectivity index (χ4v) is 5.20. The topological polar surface area (TPSA) is 95.9 Å². The summed E-state index contributed by atoms with van der Waals surface area (Å²) in [6, 6.07) is 15.4. The summed E-state index contributed by atoms with van der Waals surface area (Å²) in [5.74, 6) is -1.47. The summed E-state index contributed by atoms with van der Waals surface area (Å²) in [7, 11) is 1.54. The maximum absolute atomic E-state index is 12.7. The molecule has 2 aromatic carbocycles. The molecule has 2 amide bonds. The standard InChI is InChI=1S/C26H30N2O5/c1-3-23(25(30)31)28(2)24(29)16-12-13-17(14-16)27-26(32)33-15-22-20-10-6-4-8-18(20)19-9-5-7-11-21(19)22/h4-11,16-17,22-23H,3,12-15H2,1-2H3,(H,27,32)(H,30,31). The zero-order chi connectivity index (χ0) is 23.5. The van der Waals surface area contributed by atoms with E-state index in [4.69, 9.17) is 4.74 Å². The fourth-order valence-electron chi connectivity index (χ4n) is 5.20. The monoisotopic (exact) mass is 450 g/mol. The maximum Gasteiger partial charge on any atom is 0.407 e. The third kappa shape index (κ3) is 4.58. The number of rotatable bonds is 7. The number of hydrogen-bond acceptors (Lipinski definition) is 4. The first-order valence-electron chi connectivity index (χ1n) is 11.5. The molecule has 1 fully saturated rings. The van der Waals surface area contributed by atoms with Gasteiger partial charge < -0.3 is 20.1 Å². The number of hydrogen-bond donors (Lipinski definition) is 2. The highest BCUT2D eigenvalue weighted by molar-refractivity contribution is 5.85. The van der Waals surface area contributed by atoms with Crippen molar-refractivity contribution in [2.45, 2.75) is 50.6 Å². The molecule has 3 unspecified atom stereocenters. The van der Waals surface area contributed by atoms with Crippen molar-refractivity contribution >= 4 is 18.0 Å². The number of ether oxygens (including phenoxy) is 1. The second-order valence-electron chi connectivity index (χ2n) is 8.89. The van der Waals surface area contributed by atoms with Crippen LogP contribution in [-0.4, -0.2) is 53.7 Å². The number of amides is 2. The predicted molar refractivity (Wildman–Crippen MR) is 124 cm³/mol. The van der Waals surface area contributed by atoms with E-state index in [1.807, 2.05) is 24.3 Å². The highest BCUT2D eigenvalue weighted by Crippen LogP contribution is 2.44. The minimum Gasteiger partial charge on any atom is -0.480 e. The molecule has 0 saturated heterocycles. The van der Waals surface area contributed by atoms with E-state index in [1.54, 1.807) is 6.92 Å². The van der Waals surface area contributed by atoms with Gasteiger partial charge in [0.25, 0.3) is 0 Å². The Labute approximate surface area is 193 Å². The Hall–Kier alpha value is -3.35. The van der Waals surface area contributed by atoms with E-state index in [9.17, 15) is 19.5 Å². The number of aliphatic carboxylic acids is 1. The molecule has 0 radical (unpaired) electrons. The van der Waals surface area contributed by atoms with Crippen LogP contribution in [0, 0.1) is 5.92 Å². The molecule has 2 aliphatic carbocycles. The van der Waals surface area contributed by atoms with Crippen molar-refractivity contribution in [2.75, 3.05) is 13.7 Å². The van der Waals surface area contributed by atoms with Gasteiger partial charge in [-0.25, -0.2) is 9.59 Å². The summed E-state index contributed by atoms with van der Waals surface area (Å²) >= 11 is 0. The lowest BCUT2D eigenvalue weighted by Crippen LogP contribution is -2.44. The highest BCUT2D eigenvalue weighted by Gasteiger charge is 2.36. The number of benzene rings is 2. The normalized spacial score (nSPS) is 19.9. The number of alkyl carbamates (subject to hydrolysis) is 1. The van der Waals surface area contributed by atoms with Crippen LogP contribution >= 0.6 is 0 Å². The van der Waals surface area contributed by atoms with Gasteiger partial charge in [0.15, 0.2) is 0 Å². The number of fused-ring (bicyclic) bond motifs is 3. The van der Waals surface area contributed by atoms with E-state index in [0.29, 0.717) is 25.7 Å². The lowest BCUT2D eigenvalue weighted by atomic mass is 9.98. The molecule has 2 aromatic rings. The number of likely N-dealkylation sites (N-methyl/N-ethyl adjacent to an activating group) is 1. The molecule has 33 heavy (non-hydrogen) atoms. The smallest absolute Gasteiger partial charge is 0.407 e. The van der Waals surface area contributed by atoms with E-state index in [2.05, 4.69) is 29.6 Å². The van der Waals surface area contributed by atoms with Crippen LogP contribution < -0.4 is 5.32 Å². The third-order valence-electron chi connectivity index (χ3n) is 6.93. The summed E-state index contributed by atoms with van der Waals surface area (Å²) in [5.41, 5.74) is 4.67. The molecule has 2 N–H and O–H groups in total. The molecule has 0 heterocycles. The molecular formula is C26H30N2O5. The van der Waals surface area contributed by atoms with Gasteiger partial charge >= 0.3 is 12.1 Å². The molecule has 174 valence electrons. The summed E-state index contributed by atoms with van der Waals surface area (Å²) < 4.78 is 5.61. The van der Waals surface area contributed by atoms with E-state index >= 15 is 0 Å². The third-order valence-corrected chi connectivity index (χ3v) is 6.93. The van der Waals surface area contributed by atoms with Crippen molar-refractivity contribution in [3.8, 4) is 11.1 Å². The number of carbonyl (C=O) groups excluding carboxylic acids is 2. The van der Waals surface area contributed by atoms with E-state index in [-0.39, 0.29) is 30.4 Å². The van der Waals surface area contributed by atoms with Crippen LogP contribution in [-0.2, 0) is 14.3 Å². The molecule has 0 aromatic heterocycles. The second-order valence-corrected chi connectivity index (χ2v) is 8.89. The molecule has 0 bridgehead atoms. The van der Waals surface area contributed by atoms with Gasteiger partial charge in [-0.05, 0) is 47.9 Å². The Morgan fingerprint density at radius 3 is 2.24 bits per heavy atom. The zero-order valence-corrected chi connectivity index (χ0v) is 19.0. The van der Waals surface area contributed by atoms with Crippen molar-refractivity contribution in [3.05, 3.63) is 59.7 Å². The van der Waals surface area contributed by atoms with E-state index in [1.165, 1.54) is 23.1 Å². The van der Waals surface area contributed by atoms with Crippen LogP contribution in [0.25, 0.3) is 11.1 Å². The maximum atomic E-state index is 12.7. The molecule has 2 aliphatic rings. The summed E-state index contributed by atoms with van der Waals surface area (Å²) in [4.78, 5) is 38.0. The Morgan fingerprint density at radius 1 is 1.06 bits per heavy atom. The van der Waals surface area contributed by atoms with Gasteiger partial charge in [-0.1, -0.05) is 55.5 Å². The quantitative estimate of drug-likeness (QED) is 0.664. The predicted octanol–water partition coefficient (Wildman–Crippen LogP) is 4.02. The van der Waals surface area contributed by atoms with Crippen LogP contribution in [0.3, 0.4) is 0 Å². The van der Waals surface area contributed by atoms with E-state index in [0.717, 1.165) is 11.1 Å². The van der Waals surface area contributed by atoms with Gasteiger partial charge in [0.2, 0.25) is 5.91 Å². The van der Waals surface area contributed by atoms with Gasteiger partial charge in [0.05, 0.1) is 0 Å².